The van der Waals surface area contributed by atoms with Gasteiger partial charge in [0.2, 0.25) is 0 Å². The molecule has 0 fully saturated rings. The quantitative estimate of drug-likeness (QED) is 0.515. The van der Waals surface area contributed by atoms with Gasteiger partial charge in [-0.2, -0.15) is 0 Å². The van der Waals surface area contributed by atoms with Crippen LogP contribution in [0.2, 0.25) is 0 Å². The van der Waals surface area contributed by atoms with E-state index in [1.54, 1.807) is 0 Å². The van der Waals surface area contributed by atoms with E-state index >= 15 is 0 Å². The number of nitrogens with zero attached hydrogens (tertiary/aromatic N) is 1. The lowest BCUT2D eigenvalue weighted by Gasteiger charge is -2.10. The van der Waals surface area contributed by atoms with E-state index in [4.69, 9.17) is 4.74 Å². The molecule has 0 spiro atoms. The summed E-state index contributed by atoms with van der Waals surface area (Å²) in [5.41, 5.74) is 3.22. The average Bonchev–Trinajstić information content (AvgIpc) is 2.99. The predicted molar refractivity (Wildman–Crippen MR) is 112 cm³/mol. The molecule has 3 rings (SSSR count). The van der Waals surface area contributed by atoms with Crippen LogP contribution < -0.4 is 5.32 Å². The first-order valence-corrected chi connectivity index (χ1v) is 9.77. The molecule has 2 aromatic carbocycles. The van der Waals surface area contributed by atoms with Gasteiger partial charge in [0.25, 0.3) is 0 Å². The molecule has 0 saturated heterocycles. The Bertz CT molecular complexity index is 916. The van der Waals surface area contributed by atoms with Gasteiger partial charge in [0.05, 0.1) is 6.10 Å². The zero-order valence-electron chi connectivity index (χ0n) is 16.5. The number of ether oxygens (including phenoxy) is 1. The number of benzene rings is 2. The summed E-state index contributed by atoms with van der Waals surface area (Å²) < 4.78 is 7.47. The standard InChI is InChI=1S/C23H28N2O3/c1-17(2)28-14-8-13-24-15-20-19-11-6-7-12-21(19)25(22(20)23(26)27)16-18-9-4-3-5-10-18/h3-7,9-12,17,24H,8,13-16H2,1-2H3,(H,26,27). The van der Waals surface area contributed by atoms with E-state index in [1.165, 1.54) is 0 Å². The number of para-hydroxylation sites is 1. The van der Waals surface area contributed by atoms with E-state index < -0.39 is 5.97 Å². The number of aromatic carboxylic acids is 1. The molecular weight excluding hydrogens is 352 g/mol. The molecule has 0 aliphatic rings. The maximum atomic E-state index is 12.1. The maximum absolute atomic E-state index is 12.1. The van der Waals surface area contributed by atoms with Crippen molar-refractivity contribution in [1.82, 2.24) is 9.88 Å². The van der Waals surface area contributed by atoms with Crippen molar-refractivity contribution in [3.8, 4) is 0 Å². The molecule has 1 aromatic heterocycles. The molecular formula is C23H28N2O3. The topological polar surface area (TPSA) is 63.5 Å². The second-order valence-electron chi connectivity index (χ2n) is 7.17. The molecule has 148 valence electrons. The van der Waals surface area contributed by atoms with Gasteiger partial charge >= 0.3 is 5.97 Å². The molecule has 2 N–H and O–H groups in total. The van der Waals surface area contributed by atoms with Crippen LogP contribution in [0, 0.1) is 0 Å². The molecule has 0 amide bonds. The second-order valence-corrected chi connectivity index (χ2v) is 7.17. The number of carbonyl (C=O) groups is 1. The lowest BCUT2D eigenvalue weighted by atomic mass is 10.1. The van der Waals surface area contributed by atoms with Crippen LogP contribution in [0.4, 0.5) is 0 Å². The first-order valence-electron chi connectivity index (χ1n) is 9.77. The summed E-state index contributed by atoms with van der Waals surface area (Å²) in [6, 6.07) is 17.9. The summed E-state index contributed by atoms with van der Waals surface area (Å²) in [6.07, 6.45) is 1.12. The molecule has 0 unspecified atom stereocenters. The van der Waals surface area contributed by atoms with Gasteiger partial charge in [-0.05, 0) is 38.4 Å². The summed E-state index contributed by atoms with van der Waals surface area (Å²) in [4.78, 5) is 12.1. The number of carboxylic acid groups (broad SMARTS) is 1. The van der Waals surface area contributed by atoms with Gasteiger partial charge < -0.3 is 19.7 Å². The Kier molecular flexibility index (Phi) is 6.85. The van der Waals surface area contributed by atoms with Crippen molar-refractivity contribution in [3.63, 3.8) is 0 Å². The highest BCUT2D eigenvalue weighted by Gasteiger charge is 2.21. The molecule has 28 heavy (non-hydrogen) atoms. The molecule has 0 saturated carbocycles. The Labute approximate surface area is 165 Å². The minimum Gasteiger partial charge on any atom is -0.477 e. The SMILES string of the molecule is CC(C)OCCCNCc1c(C(=O)O)n(Cc2ccccc2)c2ccccc12. The van der Waals surface area contributed by atoms with Crippen molar-refractivity contribution >= 4 is 16.9 Å². The van der Waals surface area contributed by atoms with Crippen LogP contribution >= 0.6 is 0 Å². The van der Waals surface area contributed by atoms with E-state index in [1.807, 2.05) is 73.0 Å². The lowest BCUT2D eigenvalue weighted by Crippen LogP contribution is -2.19. The largest absolute Gasteiger partial charge is 0.477 e. The number of hydrogen-bond acceptors (Lipinski definition) is 3. The zero-order valence-corrected chi connectivity index (χ0v) is 16.5. The highest BCUT2D eigenvalue weighted by Crippen LogP contribution is 2.27. The van der Waals surface area contributed by atoms with E-state index in [0.717, 1.165) is 35.0 Å². The Hall–Kier alpha value is -2.63. The van der Waals surface area contributed by atoms with E-state index in [2.05, 4.69) is 5.32 Å². The molecule has 5 heteroatoms. The summed E-state index contributed by atoms with van der Waals surface area (Å²) in [5.74, 6) is -0.896. The van der Waals surface area contributed by atoms with Crippen molar-refractivity contribution in [2.75, 3.05) is 13.2 Å². The van der Waals surface area contributed by atoms with Crippen LogP contribution in [-0.4, -0.2) is 34.9 Å². The van der Waals surface area contributed by atoms with Gasteiger partial charge in [-0.3, -0.25) is 0 Å². The Morgan fingerprint density at radius 3 is 2.54 bits per heavy atom. The molecule has 5 nitrogen and oxygen atoms in total. The third-order valence-electron chi connectivity index (χ3n) is 4.71. The van der Waals surface area contributed by atoms with E-state index in [9.17, 15) is 9.90 Å². The fourth-order valence-electron chi connectivity index (χ4n) is 3.46. The van der Waals surface area contributed by atoms with Gasteiger partial charge in [-0.1, -0.05) is 48.5 Å². The van der Waals surface area contributed by atoms with Crippen molar-refractivity contribution < 1.29 is 14.6 Å². The normalized spacial score (nSPS) is 11.4. The monoisotopic (exact) mass is 380 g/mol. The minimum absolute atomic E-state index is 0.231. The highest BCUT2D eigenvalue weighted by molar-refractivity contribution is 5.98. The fraction of sp³-hybridized carbons (Fsp3) is 0.348. The Morgan fingerprint density at radius 1 is 1.11 bits per heavy atom. The molecule has 3 aromatic rings. The number of aromatic nitrogens is 1. The first kappa shape index (κ1) is 20.1. The van der Waals surface area contributed by atoms with Crippen LogP contribution in [0.1, 0.15) is 41.9 Å². The number of hydrogen-bond donors (Lipinski definition) is 2. The molecule has 0 radical (unpaired) electrons. The fourth-order valence-corrected chi connectivity index (χ4v) is 3.46. The summed E-state index contributed by atoms with van der Waals surface area (Å²) in [6.45, 7) is 6.58. The molecule has 0 aliphatic heterocycles. The average molecular weight is 380 g/mol. The van der Waals surface area contributed by atoms with Crippen LogP contribution in [0.5, 0.6) is 0 Å². The maximum Gasteiger partial charge on any atom is 0.352 e. The third-order valence-corrected chi connectivity index (χ3v) is 4.71. The summed E-state index contributed by atoms with van der Waals surface area (Å²) in [5, 5.41) is 14.3. The van der Waals surface area contributed by atoms with E-state index in [-0.39, 0.29) is 6.10 Å². The van der Waals surface area contributed by atoms with E-state index in [0.29, 0.717) is 25.4 Å². The third kappa shape index (κ3) is 4.80. The van der Waals surface area contributed by atoms with Gasteiger partial charge in [0, 0.05) is 36.2 Å². The van der Waals surface area contributed by atoms with Crippen LogP contribution in [0.3, 0.4) is 0 Å². The highest BCUT2D eigenvalue weighted by atomic mass is 16.5. The van der Waals surface area contributed by atoms with Crippen LogP contribution in [-0.2, 0) is 17.8 Å². The molecule has 1 heterocycles. The van der Waals surface area contributed by atoms with Crippen LogP contribution in [0.25, 0.3) is 10.9 Å². The smallest absolute Gasteiger partial charge is 0.352 e. The number of carboxylic acids is 1. The van der Waals surface area contributed by atoms with Gasteiger partial charge in [0.15, 0.2) is 0 Å². The first-order chi connectivity index (χ1) is 13.6. The molecule has 0 atom stereocenters. The zero-order chi connectivity index (χ0) is 19.9. The lowest BCUT2D eigenvalue weighted by molar-refractivity contribution is 0.0683. The number of fused-ring (bicyclic) bond motifs is 1. The summed E-state index contributed by atoms with van der Waals surface area (Å²) >= 11 is 0. The minimum atomic E-state index is -0.896. The molecule has 0 aliphatic carbocycles. The Morgan fingerprint density at radius 2 is 1.82 bits per heavy atom. The van der Waals surface area contributed by atoms with Crippen molar-refractivity contribution in [2.24, 2.45) is 0 Å². The van der Waals surface area contributed by atoms with Gasteiger partial charge in [-0.25, -0.2) is 4.79 Å². The van der Waals surface area contributed by atoms with Crippen LogP contribution in [0.15, 0.2) is 54.6 Å². The van der Waals surface area contributed by atoms with Crippen molar-refractivity contribution in [3.05, 3.63) is 71.4 Å². The van der Waals surface area contributed by atoms with Crippen molar-refractivity contribution in [2.45, 2.75) is 39.5 Å². The molecule has 0 bridgehead atoms. The number of rotatable bonds is 10. The van der Waals surface area contributed by atoms with Gasteiger partial charge in [0.1, 0.15) is 5.69 Å². The number of nitrogens with one attached hydrogen (secondary N) is 1. The Balaban J connectivity index is 1.85. The second kappa shape index (κ2) is 9.53. The van der Waals surface area contributed by atoms with Crippen molar-refractivity contribution in [1.29, 1.82) is 0 Å². The predicted octanol–water partition coefficient (Wildman–Crippen LogP) is 4.29. The summed E-state index contributed by atoms with van der Waals surface area (Å²) in [7, 11) is 0. The van der Waals surface area contributed by atoms with Gasteiger partial charge in [-0.15, -0.1) is 0 Å².